The highest BCUT2D eigenvalue weighted by atomic mass is 127. The van der Waals surface area contributed by atoms with Crippen LogP contribution in [0.25, 0.3) is 11.0 Å². The number of nitrogens with one attached hydrogen (secondary N) is 3. The third kappa shape index (κ3) is 6.41. The molecule has 9 heteroatoms. The number of halogens is 2. The molecule has 0 aliphatic rings. The molecule has 1 heterocycles. The molecule has 3 N–H and O–H groups in total. The van der Waals surface area contributed by atoms with E-state index in [9.17, 15) is 9.18 Å². The Bertz CT molecular complexity index is 1020. The molecule has 0 spiro atoms. The molecule has 7 nitrogen and oxygen atoms in total. The molecule has 0 unspecified atom stereocenters. The summed E-state index contributed by atoms with van der Waals surface area (Å²) >= 11 is 0. The molecule has 1 aromatic heterocycles. The van der Waals surface area contributed by atoms with Gasteiger partial charge in [-0.15, -0.1) is 24.0 Å². The van der Waals surface area contributed by atoms with Crippen molar-refractivity contribution in [3.8, 4) is 0 Å². The lowest BCUT2D eigenvalue weighted by atomic mass is 10.3. The van der Waals surface area contributed by atoms with E-state index in [1.807, 2.05) is 25.1 Å². The Balaban J connectivity index is 0.00000320. The molecule has 0 atom stereocenters. The predicted molar refractivity (Wildman–Crippen MR) is 129 cm³/mol. The summed E-state index contributed by atoms with van der Waals surface area (Å²) in [6, 6.07) is 13.9. The van der Waals surface area contributed by atoms with E-state index in [1.165, 1.54) is 12.1 Å². The summed E-state index contributed by atoms with van der Waals surface area (Å²) in [7, 11) is 1.65. The molecule has 30 heavy (non-hydrogen) atoms. The van der Waals surface area contributed by atoms with Crippen LogP contribution in [-0.4, -0.2) is 41.6 Å². The Morgan fingerprint density at radius 3 is 2.73 bits per heavy atom. The number of nitrogens with zero attached hydrogens (tertiary/aromatic N) is 3. The Labute approximate surface area is 192 Å². The number of para-hydroxylation sites is 2. The summed E-state index contributed by atoms with van der Waals surface area (Å²) in [5, 5.41) is 8.78. The highest BCUT2D eigenvalue weighted by Crippen LogP contribution is 2.15. The fraction of sp³-hybridized carbons (Fsp3) is 0.286. The van der Waals surface area contributed by atoms with E-state index in [4.69, 9.17) is 0 Å². The van der Waals surface area contributed by atoms with Gasteiger partial charge in [0.2, 0.25) is 5.91 Å². The molecule has 0 radical (unpaired) electrons. The van der Waals surface area contributed by atoms with Gasteiger partial charge in [0.05, 0.1) is 17.6 Å². The van der Waals surface area contributed by atoms with Crippen molar-refractivity contribution in [3.05, 3.63) is 60.2 Å². The Hall–Kier alpha value is -2.69. The van der Waals surface area contributed by atoms with Crippen molar-refractivity contribution in [2.75, 3.05) is 25.5 Å². The van der Waals surface area contributed by atoms with Crippen LogP contribution in [0.1, 0.15) is 12.2 Å². The van der Waals surface area contributed by atoms with Crippen LogP contribution in [0.15, 0.2) is 53.5 Å². The van der Waals surface area contributed by atoms with Crippen molar-refractivity contribution < 1.29 is 9.18 Å². The molecule has 0 fully saturated rings. The fourth-order valence-corrected chi connectivity index (χ4v) is 3.08. The normalized spacial score (nSPS) is 11.1. The quantitative estimate of drug-likeness (QED) is 0.192. The van der Waals surface area contributed by atoms with Crippen LogP contribution in [0.2, 0.25) is 0 Å². The second-order valence-electron chi connectivity index (χ2n) is 6.56. The molecule has 2 aromatic carbocycles. The van der Waals surface area contributed by atoms with Crippen LogP contribution in [0.4, 0.5) is 10.1 Å². The molecule has 0 aliphatic heterocycles. The molecule has 1 amide bonds. The Morgan fingerprint density at radius 2 is 1.97 bits per heavy atom. The molecule has 0 saturated heterocycles. The zero-order valence-electron chi connectivity index (χ0n) is 17.0. The van der Waals surface area contributed by atoms with Crippen LogP contribution < -0.4 is 16.0 Å². The van der Waals surface area contributed by atoms with Crippen LogP contribution >= 0.6 is 24.0 Å². The molecule has 160 valence electrons. The van der Waals surface area contributed by atoms with E-state index < -0.39 is 5.82 Å². The van der Waals surface area contributed by atoms with Gasteiger partial charge in [-0.05, 0) is 43.7 Å². The lowest BCUT2D eigenvalue weighted by molar-refractivity contribution is -0.115. The minimum Gasteiger partial charge on any atom is -0.356 e. The van der Waals surface area contributed by atoms with Crippen molar-refractivity contribution >= 4 is 52.6 Å². The van der Waals surface area contributed by atoms with Gasteiger partial charge >= 0.3 is 0 Å². The topological polar surface area (TPSA) is 83.3 Å². The third-order valence-electron chi connectivity index (χ3n) is 4.44. The number of fused-ring (bicyclic) bond motifs is 1. The number of carbonyl (C=O) groups is 1. The van der Waals surface area contributed by atoms with Crippen LogP contribution in [0, 0.1) is 12.7 Å². The molecule has 3 aromatic rings. The van der Waals surface area contributed by atoms with Crippen LogP contribution in [0.3, 0.4) is 0 Å². The van der Waals surface area contributed by atoms with E-state index in [0.29, 0.717) is 18.2 Å². The number of rotatable bonds is 7. The average molecular weight is 524 g/mol. The number of aryl methyl sites for hydroxylation is 2. The van der Waals surface area contributed by atoms with Gasteiger partial charge in [0, 0.05) is 25.8 Å². The maximum atomic E-state index is 13.2. The number of anilines is 1. The predicted octanol–water partition coefficient (Wildman–Crippen LogP) is 3.30. The SMILES string of the molecule is CN=C(NCCCn1c(C)nc2ccccc21)NCC(=O)Nc1cccc(F)c1.I. The minimum absolute atomic E-state index is 0. The van der Waals surface area contributed by atoms with Crippen LogP contribution in [0.5, 0.6) is 0 Å². The van der Waals surface area contributed by atoms with Gasteiger partial charge in [-0.2, -0.15) is 0 Å². The van der Waals surface area contributed by atoms with Crippen molar-refractivity contribution in [1.82, 2.24) is 20.2 Å². The first-order valence-corrected chi connectivity index (χ1v) is 9.48. The van der Waals surface area contributed by atoms with Gasteiger partial charge in [0.25, 0.3) is 0 Å². The number of guanidine groups is 1. The van der Waals surface area contributed by atoms with E-state index in [2.05, 4.69) is 36.6 Å². The van der Waals surface area contributed by atoms with Crippen LogP contribution in [-0.2, 0) is 11.3 Å². The van der Waals surface area contributed by atoms with Gasteiger partial charge in [0.15, 0.2) is 5.96 Å². The number of benzene rings is 2. The number of imidazole rings is 1. The van der Waals surface area contributed by atoms with E-state index >= 15 is 0 Å². The molecular formula is C21H26FIN6O. The van der Waals surface area contributed by atoms with Gasteiger partial charge in [-0.3, -0.25) is 9.79 Å². The molecule has 0 aliphatic carbocycles. The number of carbonyl (C=O) groups excluding carboxylic acids is 1. The monoisotopic (exact) mass is 524 g/mol. The molecule has 3 rings (SSSR count). The largest absolute Gasteiger partial charge is 0.356 e. The number of amides is 1. The Morgan fingerprint density at radius 1 is 1.17 bits per heavy atom. The fourth-order valence-electron chi connectivity index (χ4n) is 3.08. The second-order valence-corrected chi connectivity index (χ2v) is 6.56. The molecular weight excluding hydrogens is 498 g/mol. The zero-order valence-corrected chi connectivity index (χ0v) is 19.3. The number of hydrogen-bond donors (Lipinski definition) is 3. The van der Waals surface area contributed by atoms with Crippen molar-refractivity contribution in [2.24, 2.45) is 4.99 Å². The molecule has 0 bridgehead atoms. The number of aromatic nitrogens is 2. The lowest BCUT2D eigenvalue weighted by Crippen LogP contribution is -2.41. The summed E-state index contributed by atoms with van der Waals surface area (Å²) in [6.45, 7) is 3.56. The number of aliphatic imine (C=N–C) groups is 1. The van der Waals surface area contributed by atoms with Crippen molar-refractivity contribution in [3.63, 3.8) is 0 Å². The summed E-state index contributed by atoms with van der Waals surface area (Å²) < 4.78 is 15.4. The maximum Gasteiger partial charge on any atom is 0.243 e. The first-order chi connectivity index (χ1) is 14.1. The zero-order chi connectivity index (χ0) is 20.6. The standard InChI is InChI=1S/C21H25FN6O.HI/c1-15-26-18-9-3-4-10-19(18)28(15)12-6-11-24-21(23-2)25-14-20(29)27-17-8-5-7-16(22)13-17;/h3-5,7-10,13H,6,11-12,14H2,1-2H3,(H,27,29)(H2,23,24,25);1H. The van der Waals surface area contributed by atoms with Gasteiger partial charge < -0.3 is 20.5 Å². The number of hydrogen-bond acceptors (Lipinski definition) is 3. The summed E-state index contributed by atoms with van der Waals surface area (Å²) in [4.78, 5) is 20.7. The van der Waals surface area contributed by atoms with Gasteiger partial charge in [-0.1, -0.05) is 18.2 Å². The smallest absolute Gasteiger partial charge is 0.243 e. The van der Waals surface area contributed by atoms with E-state index in [1.54, 1.807) is 19.2 Å². The van der Waals surface area contributed by atoms with Crippen molar-refractivity contribution in [1.29, 1.82) is 0 Å². The highest BCUT2D eigenvalue weighted by molar-refractivity contribution is 14.0. The lowest BCUT2D eigenvalue weighted by Gasteiger charge is -2.13. The molecule has 0 saturated carbocycles. The third-order valence-corrected chi connectivity index (χ3v) is 4.44. The van der Waals surface area contributed by atoms with Gasteiger partial charge in [0.1, 0.15) is 11.6 Å². The Kier molecular flexibility index (Phi) is 9.03. The highest BCUT2D eigenvalue weighted by Gasteiger charge is 2.07. The van der Waals surface area contributed by atoms with Crippen molar-refractivity contribution in [2.45, 2.75) is 19.9 Å². The maximum absolute atomic E-state index is 13.2. The minimum atomic E-state index is -0.394. The first-order valence-electron chi connectivity index (χ1n) is 9.48. The average Bonchev–Trinajstić information content (AvgIpc) is 3.02. The van der Waals surface area contributed by atoms with Gasteiger partial charge in [-0.25, -0.2) is 9.37 Å². The summed E-state index contributed by atoms with van der Waals surface area (Å²) in [5.41, 5.74) is 2.55. The van der Waals surface area contributed by atoms with E-state index in [-0.39, 0.29) is 36.4 Å². The first kappa shape index (κ1) is 23.6. The summed E-state index contributed by atoms with van der Waals surface area (Å²) in [6.07, 6.45) is 0.872. The second kappa shape index (κ2) is 11.5. The summed E-state index contributed by atoms with van der Waals surface area (Å²) in [5.74, 6) is 0.850. The van der Waals surface area contributed by atoms with E-state index in [0.717, 1.165) is 29.8 Å².